The first kappa shape index (κ1) is 25.4. The second kappa shape index (κ2) is 10.1. The van der Waals surface area contributed by atoms with Gasteiger partial charge in [0.05, 0.1) is 41.5 Å². The Morgan fingerprint density at radius 3 is 2.59 bits per heavy atom. The third-order valence-corrected chi connectivity index (χ3v) is 5.97. The maximum atomic E-state index is 11.7. The van der Waals surface area contributed by atoms with Crippen LogP contribution in [0.3, 0.4) is 0 Å². The number of rotatable bonds is 8. The van der Waals surface area contributed by atoms with Crippen molar-refractivity contribution >= 4 is 23.8 Å². The van der Waals surface area contributed by atoms with Crippen molar-refractivity contribution in [3.8, 4) is 17.3 Å². The van der Waals surface area contributed by atoms with E-state index in [1.807, 2.05) is 24.3 Å². The number of hydrazone groups is 1. The molecule has 0 atom stereocenters. The summed E-state index contributed by atoms with van der Waals surface area (Å²) in [5.41, 5.74) is 2.86. The zero-order valence-electron chi connectivity index (χ0n) is 20.9. The molecule has 0 spiro atoms. The van der Waals surface area contributed by atoms with Crippen LogP contribution in [0.2, 0.25) is 0 Å². The molecule has 0 bridgehead atoms. The van der Waals surface area contributed by atoms with Crippen LogP contribution in [0, 0.1) is 11.3 Å². The lowest BCUT2D eigenvalue weighted by Gasteiger charge is -2.17. The number of aromatic nitrogens is 3. The van der Waals surface area contributed by atoms with Crippen LogP contribution in [-0.2, 0) is 16.8 Å². The molecule has 37 heavy (non-hydrogen) atoms. The number of nitriles is 1. The second-order valence-electron chi connectivity index (χ2n) is 9.92. The van der Waals surface area contributed by atoms with Gasteiger partial charge in [0.1, 0.15) is 11.3 Å². The van der Waals surface area contributed by atoms with Crippen LogP contribution >= 0.6 is 0 Å². The van der Waals surface area contributed by atoms with Crippen LogP contribution in [0.1, 0.15) is 56.3 Å². The normalized spacial score (nSPS) is 14.8. The Labute approximate surface area is 215 Å². The van der Waals surface area contributed by atoms with Crippen molar-refractivity contribution in [3.05, 3.63) is 71.2 Å². The van der Waals surface area contributed by atoms with E-state index in [2.05, 4.69) is 57.2 Å². The van der Waals surface area contributed by atoms with Crippen molar-refractivity contribution in [1.82, 2.24) is 15.0 Å². The minimum absolute atomic E-state index is 0.0813. The molecule has 188 valence electrons. The molecule has 10 nitrogen and oxygen atoms in total. The summed E-state index contributed by atoms with van der Waals surface area (Å²) in [4.78, 5) is 29.9. The first-order chi connectivity index (χ1) is 17.6. The van der Waals surface area contributed by atoms with E-state index in [1.165, 1.54) is 6.21 Å². The quantitative estimate of drug-likeness (QED) is 0.242. The molecule has 0 radical (unpaired) electrons. The van der Waals surface area contributed by atoms with E-state index in [0.29, 0.717) is 41.9 Å². The number of hydrogen-bond acceptors (Lipinski definition) is 9. The smallest absolute Gasteiger partial charge is 0.329 e. The van der Waals surface area contributed by atoms with Crippen LogP contribution in [0.4, 0.5) is 5.95 Å². The number of carbonyl (C=O) groups is 1. The average Bonchev–Trinajstić information content (AvgIpc) is 3.67. The SMILES string of the molecule is CC(C)(C)c1cccc(CN=C/C(=N\N)c2cc(-c3cccc(C#N)c3)nc(NC3(C(=O)O)CC3)n2)n1. The molecule has 2 aromatic heterocycles. The van der Waals surface area contributed by atoms with Gasteiger partial charge in [-0.2, -0.15) is 10.4 Å². The van der Waals surface area contributed by atoms with E-state index < -0.39 is 11.5 Å². The van der Waals surface area contributed by atoms with E-state index in [4.69, 9.17) is 5.84 Å². The van der Waals surface area contributed by atoms with E-state index in [1.54, 1.807) is 24.3 Å². The van der Waals surface area contributed by atoms with Crippen LogP contribution in [-0.4, -0.2) is 43.5 Å². The van der Waals surface area contributed by atoms with Crippen molar-refractivity contribution < 1.29 is 9.90 Å². The van der Waals surface area contributed by atoms with Crippen molar-refractivity contribution in [1.29, 1.82) is 5.26 Å². The molecular formula is C27H28N8O2. The van der Waals surface area contributed by atoms with Crippen LogP contribution < -0.4 is 11.2 Å². The Kier molecular flexibility index (Phi) is 6.98. The first-order valence-electron chi connectivity index (χ1n) is 11.8. The van der Waals surface area contributed by atoms with Crippen molar-refractivity contribution in [2.24, 2.45) is 15.9 Å². The van der Waals surface area contributed by atoms with Gasteiger partial charge in [0, 0.05) is 16.7 Å². The summed E-state index contributed by atoms with van der Waals surface area (Å²) >= 11 is 0. The number of carboxylic acids is 1. The number of nitrogens with zero attached hydrogens (tertiary/aromatic N) is 6. The Balaban J connectivity index is 1.66. The fourth-order valence-corrected chi connectivity index (χ4v) is 3.64. The number of aliphatic imine (C=N–C) groups is 1. The minimum Gasteiger partial charge on any atom is -0.480 e. The fourth-order valence-electron chi connectivity index (χ4n) is 3.64. The van der Waals surface area contributed by atoms with Crippen LogP contribution in [0.5, 0.6) is 0 Å². The average molecular weight is 497 g/mol. The molecule has 4 rings (SSSR count). The van der Waals surface area contributed by atoms with Crippen molar-refractivity contribution in [3.63, 3.8) is 0 Å². The fraction of sp³-hybridized carbons (Fsp3) is 0.296. The Morgan fingerprint density at radius 2 is 1.95 bits per heavy atom. The minimum atomic E-state index is -1.09. The molecule has 1 aliphatic rings. The van der Waals surface area contributed by atoms with Crippen molar-refractivity contribution in [2.45, 2.75) is 51.1 Å². The molecular weight excluding hydrogens is 468 g/mol. The molecule has 10 heteroatoms. The summed E-state index contributed by atoms with van der Waals surface area (Å²) in [6.07, 6.45) is 2.45. The Hall–Kier alpha value is -4.65. The lowest BCUT2D eigenvalue weighted by atomic mass is 9.91. The van der Waals surface area contributed by atoms with Crippen LogP contribution in [0.15, 0.2) is 58.6 Å². The monoisotopic (exact) mass is 496 g/mol. The van der Waals surface area contributed by atoms with Gasteiger partial charge in [-0.15, -0.1) is 0 Å². The lowest BCUT2D eigenvalue weighted by Crippen LogP contribution is -2.32. The highest BCUT2D eigenvalue weighted by molar-refractivity contribution is 6.37. The molecule has 1 aromatic carbocycles. The van der Waals surface area contributed by atoms with E-state index in [9.17, 15) is 15.2 Å². The van der Waals surface area contributed by atoms with Gasteiger partial charge in [-0.3, -0.25) is 9.98 Å². The highest BCUT2D eigenvalue weighted by Crippen LogP contribution is 2.38. The maximum absolute atomic E-state index is 11.7. The zero-order valence-corrected chi connectivity index (χ0v) is 20.9. The van der Waals surface area contributed by atoms with E-state index >= 15 is 0 Å². The Morgan fingerprint density at radius 1 is 1.19 bits per heavy atom. The third-order valence-electron chi connectivity index (χ3n) is 5.97. The van der Waals surface area contributed by atoms with Gasteiger partial charge in [0.25, 0.3) is 0 Å². The van der Waals surface area contributed by atoms with Gasteiger partial charge in [-0.05, 0) is 43.2 Å². The summed E-state index contributed by atoms with van der Waals surface area (Å²) in [6.45, 7) is 6.62. The standard InChI is InChI=1S/C27H28N8O2/c1-26(2,3)23-9-5-8-19(31-23)15-30-16-22(35-29)21-13-20(18-7-4-6-17(12-18)14-28)32-25(33-21)34-27(10-11-27)24(36)37/h4-9,12-13,16H,10-11,15,29H2,1-3H3,(H,36,37)(H,32,33,34)/b30-16?,35-22+. The number of aliphatic carboxylic acids is 1. The summed E-state index contributed by atoms with van der Waals surface area (Å²) in [5, 5.41) is 25.7. The number of benzene rings is 1. The lowest BCUT2D eigenvalue weighted by molar-refractivity contribution is -0.138. The Bertz CT molecular complexity index is 1430. The summed E-state index contributed by atoms with van der Waals surface area (Å²) in [6, 6.07) is 16.6. The van der Waals surface area contributed by atoms with Gasteiger partial charge >= 0.3 is 5.97 Å². The molecule has 0 saturated heterocycles. The molecule has 1 saturated carbocycles. The summed E-state index contributed by atoms with van der Waals surface area (Å²) in [5.74, 6) is 4.87. The highest BCUT2D eigenvalue weighted by Gasteiger charge is 2.51. The molecule has 0 aliphatic heterocycles. The van der Waals surface area contributed by atoms with Crippen LogP contribution in [0.25, 0.3) is 11.3 Å². The molecule has 1 aliphatic carbocycles. The number of pyridine rings is 1. The second-order valence-corrected chi connectivity index (χ2v) is 9.92. The van der Waals surface area contributed by atoms with Gasteiger partial charge in [0.2, 0.25) is 5.95 Å². The van der Waals surface area contributed by atoms with E-state index in [-0.39, 0.29) is 17.1 Å². The highest BCUT2D eigenvalue weighted by atomic mass is 16.4. The van der Waals surface area contributed by atoms with Gasteiger partial charge in [-0.25, -0.2) is 14.8 Å². The predicted octanol–water partition coefficient (Wildman–Crippen LogP) is 3.67. The van der Waals surface area contributed by atoms with Gasteiger partial charge in [-0.1, -0.05) is 39.0 Å². The van der Waals surface area contributed by atoms with E-state index in [0.717, 1.165) is 11.4 Å². The van der Waals surface area contributed by atoms with Gasteiger partial charge in [0.15, 0.2) is 0 Å². The third kappa shape index (κ3) is 5.95. The topological polar surface area (TPSA) is 163 Å². The maximum Gasteiger partial charge on any atom is 0.329 e. The summed E-state index contributed by atoms with van der Waals surface area (Å²) < 4.78 is 0. The molecule has 1 fully saturated rings. The number of anilines is 1. The van der Waals surface area contributed by atoms with Gasteiger partial charge < -0.3 is 16.3 Å². The number of hydrogen-bond donors (Lipinski definition) is 3. The largest absolute Gasteiger partial charge is 0.480 e. The zero-order chi connectivity index (χ0) is 26.6. The predicted molar refractivity (Wildman–Crippen MR) is 141 cm³/mol. The summed E-state index contributed by atoms with van der Waals surface area (Å²) in [7, 11) is 0. The molecule has 2 heterocycles. The molecule has 4 N–H and O–H groups in total. The molecule has 0 unspecified atom stereocenters. The number of carboxylic acid groups (broad SMARTS) is 1. The van der Waals surface area contributed by atoms with Crippen molar-refractivity contribution in [2.75, 3.05) is 5.32 Å². The molecule has 0 amide bonds. The molecule has 3 aromatic rings. The number of nitrogens with two attached hydrogens (primary N) is 1. The first-order valence-corrected chi connectivity index (χ1v) is 11.8. The number of nitrogens with one attached hydrogen (secondary N) is 1.